The van der Waals surface area contributed by atoms with Gasteiger partial charge < -0.3 is 14.8 Å². The lowest BCUT2D eigenvalue weighted by Crippen LogP contribution is -2.31. The van der Waals surface area contributed by atoms with E-state index in [2.05, 4.69) is 38.8 Å². The fourth-order valence-electron chi connectivity index (χ4n) is 4.08. The second-order valence-electron chi connectivity index (χ2n) is 7.73. The van der Waals surface area contributed by atoms with Crippen LogP contribution in [0.4, 0.5) is 11.5 Å². The Morgan fingerprint density at radius 1 is 1.03 bits per heavy atom. The average Bonchev–Trinajstić information content (AvgIpc) is 3.04. The maximum Gasteiger partial charge on any atom is 0.257 e. The van der Waals surface area contributed by atoms with E-state index in [1.807, 2.05) is 43.3 Å². The summed E-state index contributed by atoms with van der Waals surface area (Å²) in [5, 5.41) is 3.11. The summed E-state index contributed by atoms with van der Waals surface area (Å²) in [6, 6.07) is 16.1. The van der Waals surface area contributed by atoms with Gasteiger partial charge in [0.05, 0.1) is 11.3 Å². The van der Waals surface area contributed by atoms with Gasteiger partial charge in [0, 0.05) is 37.2 Å². The van der Waals surface area contributed by atoms with Gasteiger partial charge in [0.2, 0.25) is 0 Å². The van der Waals surface area contributed by atoms with Crippen molar-refractivity contribution in [2.24, 2.45) is 0 Å². The van der Waals surface area contributed by atoms with Gasteiger partial charge in [-0.1, -0.05) is 30.3 Å². The van der Waals surface area contributed by atoms with Crippen LogP contribution in [0.1, 0.15) is 46.6 Å². The van der Waals surface area contributed by atoms with Gasteiger partial charge in [-0.05, 0) is 56.9 Å². The number of aryl methyl sites for hydroxylation is 1. The number of amides is 1. The van der Waals surface area contributed by atoms with Crippen molar-refractivity contribution in [2.75, 3.05) is 23.3 Å². The molecule has 0 saturated carbocycles. The van der Waals surface area contributed by atoms with E-state index in [1.165, 1.54) is 24.8 Å². The highest BCUT2D eigenvalue weighted by atomic mass is 16.1. The molecule has 0 bridgehead atoms. The van der Waals surface area contributed by atoms with Crippen molar-refractivity contribution < 1.29 is 4.79 Å². The molecule has 1 amide bonds. The number of piperidine rings is 1. The molecule has 1 fully saturated rings. The second-order valence-corrected chi connectivity index (χ2v) is 7.73. The number of nitrogens with one attached hydrogen (secondary N) is 1. The number of pyridine rings is 1. The predicted molar refractivity (Wildman–Crippen MR) is 118 cm³/mol. The van der Waals surface area contributed by atoms with E-state index in [9.17, 15) is 4.79 Å². The van der Waals surface area contributed by atoms with E-state index in [0.717, 1.165) is 42.5 Å². The van der Waals surface area contributed by atoms with E-state index in [-0.39, 0.29) is 5.91 Å². The van der Waals surface area contributed by atoms with Gasteiger partial charge in [0.1, 0.15) is 0 Å². The molecule has 1 N–H and O–H groups in total. The molecule has 0 radical (unpaired) electrons. The molecule has 0 atom stereocenters. The Kier molecular flexibility index (Phi) is 5.65. The molecule has 3 heterocycles. The molecule has 5 heteroatoms. The van der Waals surface area contributed by atoms with Gasteiger partial charge in [0.15, 0.2) is 5.82 Å². The zero-order chi connectivity index (χ0) is 20.2. The number of hydrogen-bond acceptors (Lipinski definition) is 3. The van der Waals surface area contributed by atoms with Crippen molar-refractivity contribution in [3.63, 3.8) is 0 Å². The number of benzene rings is 1. The van der Waals surface area contributed by atoms with Crippen molar-refractivity contribution in [1.29, 1.82) is 0 Å². The van der Waals surface area contributed by atoms with Crippen molar-refractivity contribution >= 4 is 17.4 Å². The second kappa shape index (κ2) is 8.52. The van der Waals surface area contributed by atoms with Crippen molar-refractivity contribution in [3.05, 3.63) is 77.2 Å². The Morgan fingerprint density at radius 2 is 1.79 bits per heavy atom. The lowest BCUT2D eigenvalue weighted by atomic mass is 10.1. The van der Waals surface area contributed by atoms with Crippen LogP contribution in [-0.2, 0) is 6.54 Å². The van der Waals surface area contributed by atoms with Gasteiger partial charge in [-0.25, -0.2) is 4.98 Å². The van der Waals surface area contributed by atoms with Gasteiger partial charge in [-0.3, -0.25) is 4.79 Å². The van der Waals surface area contributed by atoms with Gasteiger partial charge in [-0.2, -0.15) is 0 Å². The minimum Gasteiger partial charge on any atom is -0.355 e. The molecule has 1 saturated heterocycles. The smallest absolute Gasteiger partial charge is 0.257 e. The van der Waals surface area contributed by atoms with Crippen LogP contribution in [0.2, 0.25) is 0 Å². The third-order valence-corrected chi connectivity index (χ3v) is 5.69. The summed E-state index contributed by atoms with van der Waals surface area (Å²) < 4.78 is 2.19. The van der Waals surface area contributed by atoms with Gasteiger partial charge >= 0.3 is 0 Å². The number of anilines is 2. The highest BCUT2D eigenvalue weighted by Crippen LogP contribution is 2.27. The van der Waals surface area contributed by atoms with Crippen LogP contribution in [-0.4, -0.2) is 28.5 Å². The molecule has 1 aliphatic rings. The molecule has 29 heavy (non-hydrogen) atoms. The Balaban J connectivity index is 1.56. The normalized spacial score (nSPS) is 14.1. The highest BCUT2D eigenvalue weighted by Gasteiger charge is 2.20. The minimum atomic E-state index is -0.0799. The number of aromatic nitrogens is 2. The fraction of sp³-hybridized carbons (Fsp3) is 0.333. The first-order chi connectivity index (χ1) is 14.1. The van der Waals surface area contributed by atoms with E-state index >= 15 is 0 Å². The summed E-state index contributed by atoms with van der Waals surface area (Å²) in [7, 11) is 0. The lowest BCUT2D eigenvalue weighted by molar-refractivity contribution is 0.102. The van der Waals surface area contributed by atoms with E-state index in [0.29, 0.717) is 5.56 Å². The van der Waals surface area contributed by atoms with Crippen LogP contribution in [0.3, 0.4) is 0 Å². The molecular formula is C24H28N4O. The van der Waals surface area contributed by atoms with Crippen LogP contribution in [0, 0.1) is 13.8 Å². The molecule has 150 valence electrons. The number of nitrogens with zero attached hydrogens (tertiary/aromatic N) is 3. The summed E-state index contributed by atoms with van der Waals surface area (Å²) in [6.07, 6.45) is 5.40. The third kappa shape index (κ3) is 4.19. The standard InChI is InChI=1S/C24H28N4O/c1-18-16-21(19(2)28(18)17-20-10-5-3-6-11-20)24(29)26-22-12-9-13-25-23(22)27-14-7-4-8-15-27/h3,5-6,9-13,16H,4,7-8,14-15,17H2,1-2H3,(H,26,29). The Labute approximate surface area is 172 Å². The van der Waals surface area contributed by atoms with E-state index in [4.69, 9.17) is 0 Å². The monoisotopic (exact) mass is 388 g/mol. The number of rotatable bonds is 5. The highest BCUT2D eigenvalue weighted by molar-refractivity contribution is 6.06. The summed E-state index contributed by atoms with van der Waals surface area (Å²) in [5.74, 6) is 0.794. The lowest BCUT2D eigenvalue weighted by Gasteiger charge is -2.29. The zero-order valence-electron chi connectivity index (χ0n) is 17.2. The molecule has 0 aliphatic carbocycles. The molecule has 5 nitrogen and oxygen atoms in total. The fourth-order valence-corrected chi connectivity index (χ4v) is 4.08. The first kappa shape index (κ1) is 19.2. The molecule has 0 unspecified atom stereocenters. The van der Waals surface area contributed by atoms with Crippen LogP contribution in [0.25, 0.3) is 0 Å². The quantitative estimate of drug-likeness (QED) is 0.684. The summed E-state index contributed by atoms with van der Waals surface area (Å²) in [6.45, 7) is 6.81. The van der Waals surface area contributed by atoms with Crippen molar-refractivity contribution in [1.82, 2.24) is 9.55 Å². The summed E-state index contributed by atoms with van der Waals surface area (Å²) in [5.41, 5.74) is 4.78. The van der Waals surface area contributed by atoms with Gasteiger partial charge in [-0.15, -0.1) is 0 Å². The Bertz CT molecular complexity index is 987. The predicted octanol–water partition coefficient (Wildman–Crippen LogP) is 4.79. The molecule has 4 rings (SSSR count). The van der Waals surface area contributed by atoms with Crippen LogP contribution >= 0.6 is 0 Å². The van der Waals surface area contributed by atoms with E-state index in [1.54, 1.807) is 6.20 Å². The first-order valence-electron chi connectivity index (χ1n) is 10.4. The van der Waals surface area contributed by atoms with Crippen LogP contribution in [0.5, 0.6) is 0 Å². The Hall–Kier alpha value is -3.08. The minimum absolute atomic E-state index is 0.0799. The van der Waals surface area contributed by atoms with E-state index < -0.39 is 0 Å². The van der Waals surface area contributed by atoms with Crippen molar-refractivity contribution in [3.8, 4) is 0 Å². The Morgan fingerprint density at radius 3 is 2.55 bits per heavy atom. The topological polar surface area (TPSA) is 50.2 Å². The maximum atomic E-state index is 13.1. The molecule has 1 aliphatic heterocycles. The maximum absolute atomic E-state index is 13.1. The summed E-state index contributed by atoms with van der Waals surface area (Å²) in [4.78, 5) is 19.9. The van der Waals surface area contributed by atoms with Gasteiger partial charge in [0.25, 0.3) is 5.91 Å². The number of carbonyl (C=O) groups is 1. The first-order valence-corrected chi connectivity index (χ1v) is 10.4. The third-order valence-electron chi connectivity index (χ3n) is 5.69. The molecule has 0 spiro atoms. The molecular weight excluding hydrogens is 360 g/mol. The largest absolute Gasteiger partial charge is 0.355 e. The molecule has 3 aromatic rings. The van der Waals surface area contributed by atoms with Crippen LogP contribution < -0.4 is 10.2 Å². The number of hydrogen-bond donors (Lipinski definition) is 1. The summed E-state index contributed by atoms with van der Waals surface area (Å²) >= 11 is 0. The van der Waals surface area contributed by atoms with Crippen molar-refractivity contribution in [2.45, 2.75) is 39.7 Å². The molecule has 1 aromatic carbocycles. The van der Waals surface area contributed by atoms with Crippen LogP contribution in [0.15, 0.2) is 54.7 Å². The zero-order valence-corrected chi connectivity index (χ0v) is 17.2. The average molecular weight is 389 g/mol. The SMILES string of the molecule is Cc1cc(C(=O)Nc2cccnc2N2CCCCC2)c(C)n1Cc1ccccc1. The molecule has 2 aromatic heterocycles. The number of carbonyl (C=O) groups excluding carboxylic acids is 1.